The van der Waals surface area contributed by atoms with E-state index in [1.165, 1.54) is 4.90 Å². The van der Waals surface area contributed by atoms with Crippen molar-refractivity contribution in [3.63, 3.8) is 0 Å². The Kier molecular flexibility index (Phi) is 5.43. The van der Waals surface area contributed by atoms with Crippen LogP contribution >= 0.6 is 0 Å². The highest BCUT2D eigenvalue weighted by Crippen LogP contribution is 2.16. The molecule has 3 N–H and O–H groups in total. The molecule has 0 amide bonds. The summed E-state index contributed by atoms with van der Waals surface area (Å²) in [6, 6.07) is 7.02. The van der Waals surface area contributed by atoms with E-state index in [-0.39, 0.29) is 19.7 Å². The predicted octanol–water partition coefficient (Wildman–Crippen LogP) is 1.67. The molecule has 6 heteroatoms. The molecule has 0 radical (unpaired) electrons. The SMILES string of the molecule is Nc1ccc(CCN(CCO)CC(F)(F)F)cc1. The quantitative estimate of drug-likeness (QED) is 0.767. The van der Waals surface area contributed by atoms with Gasteiger partial charge in [0.15, 0.2) is 0 Å². The van der Waals surface area contributed by atoms with E-state index in [0.717, 1.165) is 5.56 Å². The Morgan fingerprint density at radius 3 is 2.22 bits per heavy atom. The van der Waals surface area contributed by atoms with Crippen molar-refractivity contribution in [2.45, 2.75) is 12.6 Å². The van der Waals surface area contributed by atoms with E-state index in [1.807, 2.05) is 0 Å². The first-order valence-corrected chi connectivity index (χ1v) is 5.65. The molecule has 1 rings (SSSR count). The first-order valence-electron chi connectivity index (χ1n) is 5.65. The molecule has 0 aliphatic rings. The van der Waals surface area contributed by atoms with Crippen molar-refractivity contribution in [3.8, 4) is 0 Å². The molecule has 0 atom stereocenters. The summed E-state index contributed by atoms with van der Waals surface area (Å²) in [7, 11) is 0. The maximum absolute atomic E-state index is 12.3. The molecule has 18 heavy (non-hydrogen) atoms. The van der Waals surface area contributed by atoms with Gasteiger partial charge in [0.05, 0.1) is 13.2 Å². The van der Waals surface area contributed by atoms with Crippen molar-refractivity contribution in [1.82, 2.24) is 4.90 Å². The molecule has 0 saturated carbocycles. The lowest BCUT2D eigenvalue weighted by Crippen LogP contribution is -2.37. The summed E-state index contributed by atoms with van der Waals surface area (Å²) in [5, 5.41) is 8.74. The van der Waals surface area contributed by atoms with Crippen LogP contribution in [-0.2, 0) is 6.42 Å². The Bertz CT molecular complexity index is 351. The molecule has 0 unspecified atom stereocenters. The second-order valence-corrected chi connectivity index (χ2v) is 4.11. The molecule has 0 spiro atoms. The van der Waals surface area contributed by atoms with Gasteiger partial charge in [0.2, 0.25) is 0 Å². The number of aliphatic hydroxyl groups excluding tert-OH is 1. The maximum Gasteiger partial charge on any atom is 0.401 e. The van der Waals surface area contributed by atoms with E-state index in [0.29, 0.717) is 12.1 Å². The summed E-state index contributed by atoms with van der Waals surface area (Å²) >= 11 is 0. The van der Waals surface area contributed by atoms with E-state index in [2.05, 4.69) is 0 Å². The summed E-state index contributed by atoms with van der Waals surface area (Å²) in [6.07, 6.45) is -3.74. The van der Waals surface area contributed by atoms with Crippen LogP contribution < -0.4 is 5.73 Å². The highest BCUT2D eigenvalue weighted by molar-refractivity contribution is 5.39. The zero-order valence-electron chi connectivity index (χ0n) is 9.95. The van der Waals surface area contributed by atoms with Gasteiger partial charge < -0.3 is 10.8 Å². The summed E-state index contributed by atoms with van der Waals surface area (Å²) in [4.78, 5) is 1.19. The van der Waals surface area contributed by atoms with Gasteiger partial charge in [-0.1, -0.05) is 12.1 Å². The number of nitrogens with two attached hydrogens (primary N) is 1. The number of hydrogen-bond donors (Lipinski definition) is 2. The highest BCUT2D eigenvalue weighted by atomic mass is 19.4. The molecule has 0 aliphatic heterocycles. The van der Waals surface area contributed by atoms with E-state index in [4.69, 9.17) is 10.8 Å². The Morgan fingerprint density at radius 1 is 1.11 bits per heavy atom. The van der Waals surface area contributed by atoms with Gasteiger partial charge in [0.1, 0.15) is 0 Å². The van der Waals surface area contributed by atoms with Gasteiger partial charge in [-0.2, -0.15) is 13.2 Å². The third-order valence-electron chi connectivity index (χ3n) is 2.52. The summed E-state index contributed by atoms with van der Waals surface area (Å²) in [6.45, 7) is -1.00. The number of benzene rings is 1. The minimum Gasteiger partial charge on any atom is -0.399 e. The van der Waals surface area contributed by atoms with Gasteiger partial charge in [-0.25, -0.2) is 0 Å². The van der Waals surface area contributed by atoms with Crippen LogP contribution in [0.15, 0.2) is 24.3 Å². The van der Waals surface area contributed by atoms with Crippen molar-refractivity contribution >= 4 is 5.69 Å². The maximum atomic E-state index is 12.3. The molecule has 0 aliphatic carbocycles. The number of nitrogen functional groups attached to an aromatic ring is 1. The van der Waals surface area contributed by atoms with Gasteiger partial charge in [-0.15, -0.1) is 0 Å². The standard InChI is InChI=1S/C12H17F3N2O/c13-12(14,15)9-17(7-8-18)6-5-10-1-3-11(16)4-2-10/h1-4,18H,5-9,16H2. The smallest absolute Gasteiger partial charge is 0.399 e. The zero-order valence-corrected chi connectivity index (χ0v) is 9.95. The van der Waals surface area contributed by atoms with Gasteiger partial charge in [0.25, 0.3) is 0 Å². The zero-order chi connectivity index (χ0) is 13.6. The van der Waals surface area contributed by atoms with Crippen LogP contribution in [0.2, 0.25) is 0 Å². The third kappa shape index (κ3) is 5.88. The molecule has 0 bridgehead atoms. The van der Waals surface area contributed by atoms with Gasteiger partial charge in [0, 0.05) is 18.8 Å². The lowest BCUT2D eigenvalue weighted by atomic mass is 10.1. The van der Waals surface area contributed by atoms with Gasteiger partial charge >= 0.3 is 6.18 Å². The Morgan fingerprint density at radius 2 is 1.72 bits per heavy atom. The van der Waals surface area contributed by atoms with Crippen molar-refractivity contribution in [2.24, 2.45) is 0 Å². The van der Waals surface area contributed by atoms with Crippen LogP contribution in [0.25, 0.3) is 0 Å². The first kappa shape index (κ1) is 14.8. The normalized spacial score (nSPS) is 12.1. The highest BCUT2D eigenvalue weighted by Gasteiger charge is 2.30. The number of halogens is 3. The molecule has 3 nitrogen and oxygen atoms in total. The number of nitrogens with zero attached hydrogens (tertiary/aromatic N) is 1. The topological polar surface area (TPSA) is 49.5 Å². The average molecular weight is 262 g/mol. The van der Waals surface area contributed by atoms with E-state index >= 15 is 0 Å². The van der Waals surface area contributed by atoms with E-state index in [9.17, 15) is 13.2 Å². The average Bonchev–Trinajstić information content (AvgIpc) is 2.26. The summed E-state index contributed by atoms with van der Waals surface area (Å²) in [5.74, 6) is 0. The van der Waals surface area contributed by atoms with Crippen LogP contribution in [-0.4, -0.2) is 42.4 Å². The Balaban J connectivity index is 2.48. The number of anilines is 1. The van der Waals surface area contributed by atoms with Crippen LogP contribution in [0.4, 0.5) is 18.9 Å². The predicted molar refractivity (Wildman–Crippen MR) is 64.1 cm³/mol. The first-order chi connectivity index (χ1) is 8.40. The fourth-order valence-electron chi connectivity index (χ4n) is 1.64. The largest absolute Gasteiger partial charge is 0.401 e. The van der Waals surface area contributed by atoms with Crippen LogP contribution in [0.3, 0.4) is 0 Å². The molecular formula is C12H17F3N2O. The second kappa shape index (κ2) is 6.61. The number of hydrogen-bond acceptors (Lipinski definition) is 3. The fourth-order valence-corrected chi connectivity index (χ4v) is 1.64. The second-order valence-electron chi connectivity index (χ2n) is 4.11. The summed E-state index contributed by atoms with van der Waals surface area (Å²) < 4.78 is 36.8. The minimum absolute atomic E-state index is 0.0223. The molecule has 0 saturated heterocycles. The molecule has 102 valence electrons. The summed E-state index contributed by atoms with van der Waals surface area (Å²) in [5.41, 5.74) is 7.07. The Labute approximate surface area is 104 Å². The molecule has 0 fully saturated rings. The van der Waals surface area contributed by atoms with Crippen molar-refractivity contribution in [3.05, 3.63) is 29.8 Å². The fraction of sp³-hybridized carbons (Fsp3) is 0.500. The van der Waals surface area contributed by atoms with Gasteiger partial charge in [-0.3, -0.25) is 4.90 Å². The minimum atomic E-state index is -4.24. The van der Waals surface area contributed by atoms with Gasteiger partial charge in [-0.05, 0) is 24.1 Å². The van der Waals surface area contributed by atoms with Crippen LogP contribution in [0.1, 0.15) is 5.56 Å². The molecule has 0 heterocycles. The molecule has 0 aromatic heterocycles. The van der Waals surface area contributed by atoms with Crippen molar-refractivity contribution in [1.29, 1.82) is 0 Å². The third-order valence-corrected chi connectivity index (χ3v) is 2.52. The van der Waals surface area contributed by atoms with E-state index in [1.54, 1.807) is 24.3 Å². The monoisotopic (exact) mass is 262 g/mol. The number of rotatable bonds is 6. The Hall–Kier alpha value is -1.27. The molecule has 1 aromatic rings. The van der Waals surface area contributed by atoms with Crippen LogP contribution in [0, 0.1) is 0 Å². The molecule has 1 aromatic carbocycles. The molecular weight excluding hydrogens is 245 g/mol. The van der Waals surface area contributed by atoms with Crippen molar-refractivity contribution in [2.75, 3.05) is 32.0 Å². The van der Waals surface area contributed by atoms with E-state index < -0.39 is 12.7 Å². The van der Waals surface area contributed by atoms with Crippen molar-refractivity contribution < 1.29 is 18.3 Å². The number of alkyl halides is 3. The number of aliphatic hydroxyl groups is 1. The lowest BCUT2D eigenvalue weighted by molar-refractivity contribution is -0.146. The van der Waals surface area contributed by atoms with Crippen LogP contribution in [0.5, 0.6) is 0 Å². The lowest BCUT2D eigenvalue weighted by Gasteiger charge is -2.22.